The van der Waals surface area contributed by atoms with Crippen LogP contribution >= 0.6 is 11.5 Å². The van der Waals surface area contributed by atoms with E-state index in [1.54, 1.807) is 0 Å². The zero-order valence-corrected chi connectivity index (χ0v) is 10.7. The molecule has 15 heavy (non-hydrogen) atoms. The van der Waals surface area contributed by atoms with Crippen LogP contribution in [0, 0.1) is 5.92 Å². The Morgan fingerprint density at radius 3 is 2.60 bits per heavy atom. The van der Waals surface area contributed by atoms with Crippen LogP contribution in [0.5, 0.6) is 0 Å². The largest absolute Gasteiger partial charge is 0.360 e. The third-order valence-corrected chi connectivity index (χ3v) is 2.77. The monoisotopic (exact) mass is 228 g/mol. The Labute approximate surface area is 95.5 Å². The Balaban J connectivity index is 2.54. The van der Waals surface area contributed by atoms with Crippen LogP contribution in [0.4, 0.5) is 5.13 Å². The zero-order valence-electron chi connectivity index (χ0n) is 9.87. The second kappa shape index (κ2) is 4.90. The van der Waals surface area contributed by atoms with E-state index >= 15 is 0 Å². The SMILES string of the molecule is CC(CN)CNc1nc(C(C)(C)C)ns1. The summed E-state index contributed by atoms with van der Waals surface area (Å²) in [5.74, 6) is 1.36. The van der Waals surface area contributed by atoms with Gasteiger partial charge in [0.15, 0.2) is 0 Å². The highest BCUT2D eigenvalue weighted by molar-refractivity contribution is 7.09. The van der Waals surface area contributed by atoms with Crippen LogP contribution in [0.15, 0.2) is 0 Å². The van der Waals surface area contributed by atoms with Gasteiger partial charge in [-0.3, -0.25) is 0 Å². The molecule has 4 nitrogen and oxygen atoms in total. The minimum atomic E-state index is 0.0237. The van der Waals surface area contributed by atoms with Crippen LogP contribution in [0.2, 0.25) is 0 Å². The number of nitrogens with one attached hydrogen (secondary N) is 1. The summed E-state index contributed by atoms with van der Waals surface area (Å²) in [6.45, 7) is 10.00. The van der Waals surface area contributed by atoms with Gasteiger partial charge < -0.3 is 11.1 Å². The van der Waals surface area contributed by atoms with Gasteiger partial charge in [-0.25, -0.2) is 4.98 Å². The average Bonchev–Trinajstić information content (AvgIpc) is 2.61. The summed E-state index contributed by atoms with van der Waals surface area (Å²) >= 11 is 1.42. The first-order valence-corrected chi connectivity index (χ1v) is 5.99. The molecule has 1 atom stereocenters. The van der Waals surface area contributed by atoms with E-state index in [2.05, 4.69) is 42.4 Å². The van der Waals surface area contributed by atoms with Crippen molar-refractivity contribution < 1.29 is 0 Å². The molecule has 0 aliphatic heterocycles. The summed E-state index contributed by atoms with van der Waals surface area (Å²) in [7, 11) is 0. The number of nitrogens with zero attached hydrogens (tertiary/aromatic N) is 2. The fourth-order valence-corrected chi connectivity index (χ4v) is 1.71. The molecule has 0 aliphatic carbocycles. The van der Waals surface area contributed by atoms with Gasteiger partial charge >= 0.3 is 0 Å². The maximum atomic E-state index is 5.54. The third kappa shape index (κ3) is 3.76. The molecule has 1 heterocycles. The molecular formula is C10H20N4S. The smallest absolute Gasteiger partial charge is 0.202 e. The average molecular weight is 228 g/mol. The fraction of sp³-hybridized carbons (Fsp3) is 0.800. The van der Waals surface area contributed by atoms with Crippen LogP contribution in [0.25, 0.3) is 0 Å². The van der Waals surface area contributed by atoms with Crippen molar-refractivity contribution in [3.8, 4) is 0 Å². The number of hydrogen-bond donors (Lipinski definition) is 2. The lowest BCUT2D eigenvalue weighted by atomic mass is 9.96. The number of rotatable bonds is 4. The summed E-state index contributed by atoms with van der Waals surface area (Å²) < 4.78 is 4.33. The standard InChI is InChI=1S/C10H20N4S/c1-7(5-11)6-12-9-13-8(14-15-9)10(2,3)4/h7H,5-6,11H2,1-4H3,(H,12,13,14). The van der Waals surface area contributed by atoms with Crippen molar-refractivity contribution in [2.45, 2.75) is 33.1 Å². The molecule has 1 unspecified atom stereocenters. The molecule has 0 aliphatic rings. The van der Waals surface area contributed by atoms with E-state index in [0.29, 0.717) is 12.5 Å². The van der Waals surface area contributed by atoms with Gasteiger partial charge in [-0.2, -0.15) is 4.37 Å². The molecule has 1 aromatic heterocycles. The third-order valence-electron chi connectivity index (χ3n) is 2.10. The zero-order chi connectivity index (χ0) is 11.5. The second-order valence-corrected chi connectivity index (χ2v) is 5.65. The Hall–Kier alpha value is -0.680. The maximum absolute atomic E-state index is 5.54. The van der Waals surface area contributed by atoms with Crippen molar-refractivity contribution in [1.82, 2.24) is 9.36 Å². The van der Waals surface area contributed by atoms with E-state index in [9.17, 15) is 0 Å². The van der Waals surface area contributed by atoms with Crippen molar-refractivity contribution in [3.63, 3.8) is 0 Å². The molecule has 0 amide bonds. The molecular weight excluding hydrogens is 208 g/mol. The molecule has 0 bridgehead atoms. The Morgan fingerprint density at radius 1 is 1.47 bits per heavy atom. The van der Waals surface area contributed by atoms with Crippen LogP contribution in [-0.4, -0.2) is 22.4 Å². The Morgan fingerprint density at radius 2 is 2.13 bits per heavy atom. The molecule has 3 N–H and O–H groups in total. The summed E-state index contributed by atoms with van der Waals surface area (Å²) in [5, 5.41) is 4.14. The van der Waals surface area contributed by atoms with Gasteiger partial charge in [0.1, 0.15) is 5.82 Å². The first-order chi connectivity index (χ1) is 6.93. The van der Waals surface area contributed by atoms with Gasteiger partial charge in [0, 0.05) is 23.5 Å². The predicted octanol–water partition coefficient (Wildman–Crippen LogP) is 1.84. The molecule has 0 saturated carbocycles. The molecule has 1 aromatic rings. The van der Waals surface area contributed by atoms with Gasteiger partial charge in [0.2, 0.25) is 5.13 Å². The second-order valence-electron chi connectivity index (χ2n) is 4.89. The van der Waals surface area contributed by atoms with Crippen LogP contribution < -0.4 is 11.1 Å². The first-order valence-electron chi connectivity index (χ1n) is 5.21. The molecule has 0 saturated heterocycles. The highest BCUT2D eigenvalue weighted by Crippen LogP contribution is 2.22. The summed E-state index contributed by atoms with van der Waals surface area (Å²) in [6, 6.07) is 0. The Bertz CT molecular complexity index is 303. The van der Waals surface area contributed by atoms with Crippen LogP contribution in [0.3, 0.4) is 0 Å². The summed E-state index contributed by atoms with van der Waals surface area (Å²) in [6.07, 6.45) is 0. The molecule has 1 rings (SSSR count). The number of aromatic nitrogens is 2. The van der Waals surface area contributed by atoms with Gasteiger partial charge in [-0.05, 0) is 12.5 Å². The predicted molar refractivity (Wildman–Crippen MR) is 65.3 cm³/mol. The van der Waals surface area contributed by atoms with E-state index in [1.807, 2.05) is 0 Å². The van der Waals surface area contributed by atoms with Crippen molar-refractivity contribution in [3.05, 3.63) is 5.82 Å². The molecule has 86 valence electrons. The molecule has 0 spiro atoms. The normalized spacial score (nSPS) is 13.9. The van der Waals surface area contributed by atoms with E-state index < -0.39 is 0 Å². The highest BCUT2D eigenvalue weighted by atomic mass is 32.1. The van der Waals surface area contributed by atoms with Gasteiger partial charge in [0.05, 0.1) is 0 Å². The van der Waals surface area contributed by atoms with E-state index in [0.717, 1.165) is 17.5 Å². The van der Waals surface area contributed by atoms with Crippen molar-refractivity contribution in [2.24, 2.45) is 11.7 Å². The molecule has 5 heteroatoms. The minimum absolute atomic E-state index is 0.0237. The lowest BCUT2D eigenvalue weighted by Gasteiger charge is -2.12. The van der Waals surface area contributed by atoms with E-state index in [-0.39, 0.29) is 5.41 Å². The fourth-order valence-electron chi connectivity index (χ4n) is 0.945. The quantitative estimate of drug-likeness (QED) is 0.825. The summed E-state index contributed by atoms with van der Waals surface area (Å²) in [5.41, 5.74) is 5.56. The van der Waals surface area contributed by atoms with Crippen LogP contribution in [-0.2, 0) is 5.41 Å². The maximum Gasteiger partial charge on any atom is 0.202 e. The highest BCUT2D eigenvalue weighted by Gasteiger charge is 2.19. The van der Waals surface area contributed by atoms with E-state index in [4.69, 9.17) is 5.73 Å². The number of hydrogen-bond acceptors (Lipinski definition) is 5. The molecule has 0 aromatic carbocycles. The van der Waals surface area contributed by atoms with Gasteiger partial charge in [-0.15, -0.1) is 0 Å². The van der Waals surface area contributed by atoms with Crippen molar-refractivity contribution in [2.75, 3.05) is 18.4 Å². The van der Waals surface area contributed by atoms with Gasteiger partial charge in [-0.1, -0.05) is 27.7 Å². The Kier molecular flexibility index (Phi) is 4.04. The van der Waals surface area contributed by atoms with Gasteiger partial charge in [0.25, 0.3) is 0 Å². The first kappa shape index (κ1) is 12.4. The van der Waals surface area contributed by atoms with Crippen LogP contribution in [0.1, 0.15) is 33.5 Å². The van der Waals surface area contributed by atoms with Crippen molar-refractivity contribution >= 4 is 16.7 Å². The van der Waals surface area contributed by atoms with E-state index in [1.165, 1.54) is 11.5 Å². The molecule has 0 fully saturated rings. The minimum Gasteiger partial charge on any atom is -0.360 e. The topological polar surface area (TPSA) is 63.8 Å². The van der Waals surface area contributed by atoms with Crippen molar-refractivity contribution in [1.29, 1.82) is 0 Å². The molecule has 0 radical (unpaired) electrons. The lowest BCUT2D eigenvalue weighted by Crippen LogP contribution is -2.20. The number of anilines is 1. The number of nitrogens with two attached hydrogens (primary N) is 1. The lowest BCUT2D eigenvalue weighted by molar-refractivity contribution is 0.554. The summed E-state index contributed by atoms with van der Waals surface area (Å²) in [4.78, 5) is 4.44.